The third kappa shape index (κ3) is 7.67. The monoisotopic (exact) mass is 617 g/mol. The maximum Gasteiger partial charge on any atom is 0.435 e. The number of benzene rings is 3. The van der Waals surface area contributed by atoms with E-state index in [1.807, 2.05) is 27.7 Å². The van der Waals surface area contributed by atoms with E-state index >= 15 is 0 Å². The number of rotatable bonds is 8. The van der Waals surface area contributed by atoms with Gasteiger partial charge in [0.05, 0.1) is 23.0 Å². The van der Waals surface area contributed by atoms with Crippen LogP contribution in [0, 0.1) is 5.41 Å². The number of halogens is 6. The second-order valence-corrected chi connectivity index (χ2v) is 12.1. The molecule has 44 heavy (non-hydrogen) atoms. The lowest BCUT2D eigenvalue weighted by molar-refractivity contribution is -0.141. The van der Waals surface area contributed by atoms with Crippen molar-refractivity contribution < 1.29 is 31.1 Å². The first kappa shape index (κ1) is 32.7. The molecular weight excluding hydrogens is 584 g/mol. The van der Waals surface area contributed by atoms with Crippen LogP contribution in [-0.2, 0) is 17.1 Å². The first-order valence-corrected chi connectivity index (χ1v) is 13.7. The van der Waals surface area contributed by atoms with Crippen LogP contribution in [0.2, 0.25) is 0 Å². The lowest BCUT2D eigenvalue weighted by Crippen LogP contribution is -2.51. The number of nitrogens with zero attached hydrogens (tertiary/aromatic N) is 2. The first-order valence-electron chi connectivity index (χ1n) is 13.7. The van der Waals surface area contributed by atoms with Crippen LogP contribution in [0.4, 0.5) is 32.0 Å². The molecule has 0 bridgehead atoms. The topological polar surface area (TPSA) is 99.0 Å². The van der Waals surface area contributed by atoms with Crippen LogP contribution < -0.4 is 16.8 Å². The number of anilines is 1. The van der Waals surface area contributed by atoms with Crippen molar-refractivity contribution in [2.45, 2.75) is 58.0 Å². The highest BCUT2D eigenvalue weighted by atomic mass is 19.4. The van der Waals surface area contributed by atoms with E-state index in [1.54, 1.807) is 24.3 Å². The van der Waals surface area contributed by atoms with Crippen LogP contribution in [0.15, 0.2) is 78.9 Å². The van der Waals surface area contributed by atoms with Gasteiger partial charge in [-0.2, -0.15) is 31.4 Å². The SMILES string of the molecule is CC(C)(N)CC(C)(C)[C@H](N)C(=O)Nc1ccc(-n2nc(C(F)(F)F)cc2-c2ccc(-c3ccc(C(F)(F)F)cc3)cc2)cc1. The maximum absolute atomic E-state index is 13.7. The summed E-state index contributed by atoms with van der Waals surface area (Å²) in [5.74, 6) is -0.431. The van der Waals surface area contributed by atoms with Gasteiger partial charge in [0.25, 0.3) is 0 Å². The molecule has 3 aromatic carbocycles. The number of alkyl halides is 6. The van der Waals surface area contributed by atoms with Gasteiger partial charge >= 0.3 is 12.4 Å². The average molecular weight is 618 g/mol. The number of carbonyl (C=O) groups excluding carboxylic acids is 1. The highest BCUT2D eigenvalue weighted by Gasteiger charge is 2.37. The second-order valence-electron chi connectivity index (χ2n) is 12.1. The number of nitrogens with two attached hydrogens (primary N) is 2. The summed E-state index contributed by atoms with van der Waals surface area (Å²) in [5, 5.41) is 6.54. The number of amides is 1. The summed E-state index contributed by atoms with van der Waals surface area (Å²) in [5.41, 5.74) is 11.7. The third-order valence-electron chi connectivity index (χ3n) is 7.14. The van der Waals surface area contributed by atoms with Crippen LogP contribution in [0.1, 0.15) is 45.4 Å². The van der Waals surface area contributed by atoms with Crippen molar-refractivity contribution in [3.8, 4) is 28.1 Å². The molecule has 1 heterocycles. The van der Waals surface area contributed by atoms with Crippen LogP contribution in [0.3, 0.4) is 0 Å². The minimum Gasteiger partial charge on any atom is -0.326 e. The van der Waals surface area contributed by atoms with Gasteiger partial charge in [0, 0.05) is 16.8 Å². The number of hydrogen-bond donors (Lipinski definition) is 3. The molecule has 0 saturated heterocycles. The zero-order valence-corrected chi connectivity index (χ0v) is 24.5. The normalized spacial score (nSPS) is 13.5. The molecule has 0 fully saturated rings. The van der Waals surface area contributed by atoms with E-state index < -0.39 is 46.5 Å². The summed E-state index contributed by atoms with van der Waals surface area (Å²) in [7, 11) is 0. The molecule has 1 aromatic heterocycles. The van der Waals surface area contributed by atoms with Crippen molar-refractivity contribution in [1.82, 2.24) is 9.78 Å². The lowest BCUT2D eigenvalue weighted by atomic mass is 9.75. The number of carbonyl (C=O) groups is 1. The quantitative estimate of drug-likeness (QED) is 0.177. The van der Waals surface area contributed by atoms with Crippen molar-refractivity contribution in [2.24, 2.45) is 16.9 Å². The van der Waals surface area contributed by atoms with Crippen molar-refractivity contribution in [3.63, 3.8) is 0 Å². The molecule has 4 rings (SSSR count). The summed E-state index contributed by atoms with van der Waals surface area (Å²) in [4.78, 5) is 12.9. The number of nitrogens with one attached hydrogen (secondary N) is 1. The minimum atomic E-state index is -4.71. The fourth-order valence-corrected chi connectivity index (χ4v) is 5.15. The zero-order chi connectivity index (χ0) is 32.7. The molecule has 234 valence electrons. The van der Waals surface area contributed by atoms with E-state index in [9.17, 15) is 31.1 Å². The molecule has 5 N–H and O–H groups in total. The van der Waals surface area contributed by atoms with Gasteiger partial charge < -0.3 is 16.8 Å². The Bertz CT molecular complexity index is 1600. The summed E-state index contributed by atoms with van der Waals surface area (Å²) in [6.07, 6.45) is -8.69. The zero-order valence-electron chi connectivity index (χ0n) is 24.5. The number of hydrogen-bond acceptors (Lipinski definition) is 4. The van der Waals surface area contributed by atoms with E-state index in [0.717, 1.165) is 22.9 Å². The molecule has 0 radical (unpaired) electrons. The van der Waals surface area contributed by atoms with Gasteiger partial charge in [0.15, 0.2) is 5.69 Å². The highest BCUT2D eigenvalue weighted by Crippen LogP contribution is 2.35. The van der Waals surface area contributed by atoms with E-state index in [1.165, 1.54) is 36.4 Å². The largest absolute Gasteiger partial charge is 0.435 e. The van der Waals surface area contributed by atoms with Crippen molar-refractivity contribution >= 4 is 11.6 Å². The van der Waals surface area contributed by atoms with Gasteiger partial charge in [-0.25, -0.2) is 4.68 Å². The Morgan fingerprint density at radius 1 is 0.795 bits per heavy atom. The van der Waals surface area contributed by atoms with Crippen molar-refractivity contribution in [1.29, 1.82) is 0 Å². The maximum atomic E-state index is 13.7. The van der Waals surface area contributed by atoms with Crippen LogP contribution >= 0.6 is 0 Å². The molecule has 1 atom stereocenters. The molecule has 0 spiro atoms. The van der Waals surface area contributed by atoms with E-state index in [4.69, 9.17) is 11.5 Å². The molecule has 0 aliphatic heterocycles. The van der Waals surface area contributed by atoms with Crippen molar-refractivity contribution in [2.75, 3.05) is 5.32 Å². The molecule has 12 heteroatoms. The van der Waals surface area contributed by atoms with E-state index in [2.05, 4.69) is 10.4 Å². The molecule has 0 saturated carbocycles. The summed E-state index contributed by atoms with van der Waals surface area (Å²) in [6, 6.07) is 17.1. The standard InChI is InChI=1S/C32H33F6N5O/c1-29(2,18-30(3,4)40)27(39)28(44)41-23-13-15-24(16-14-23)43-25(17-26(42-43)32(36,37)38)21-7-5-19(6-8-21)20-9-11-22(12-10-20)31(33,34)35/h5-17,27H,18,39-40H2,1-4H3,(H,41,44)/t27-/m1/s1. The molecule has 1 amide bonds. The van der Waals surface area contributed by atoms with Crippen molar-refractivity contribution in [3.05, 3.63) is 90.1 Å². The Balaban J connectivity index is 1.59. The minimum absolute atomic E-state index is 0.140. The smallest absolute Gasteiger partial charge is 0.326 e. The van der Waals surface area contributed by atoms with Gasteiger partial charge in [-0.3, -0.25) is 4.79 Å². The van der Waals surface area contributed by atoms with Crippen LogP contribution in [0.5, 0.6) is 0 Å². The fraction of sp³-hybridized carbons (Fsp3) is 0.312. The second kappa shape index (κ2) is 11.7. The Morgan fingerprint density at radius 3 is 1.77 bits per heavy atom. The molecule has 0 aliphatic carbocycles. The van der Waals surface area contributed by atoms with Gasteiger partial charge in [0.1, 0.15) is 0 Å². The Kier molecular flexibility index (Phi) is 8.73. The molecular formula is C32H33F6N5O. The van der Waals surface area contributed by atoms with Gasteiger partial charge in [0.2, 0.25) is 5.91 Å². The molecule has 0 aliphatic rings. The lowest BCUT2D eigenvalue weighted by Gasteiger charge is -2.36. The fourth-order valence-electron chi connectivity index (χ4n) is 5.15. The average Bonchev–Trinajstić information content (AvgIpc) is 3.38. The van der Waals surface area contributed by atoms with Crippen LogP contribution in [-0.4, -0.2) is 27.3 Å². The molecule has 0 unspecified atom stereocenters. The van der Waals surface area contributed by atoms with Gasteiger partial charge in [-0.1, -0.05) is 50.2 Å². The molecule has 6 nitrogen and oxygen atoms in total. The van der Waals surface area contributed by atoms with Gasteiger partial charge in [-0.05, 0) is 79.3 Å². The van der Waals surface area contributed by atoms with Gasteiger partial charge in [-0.15, -0.1) is 0 Å². The summed E-state index contributed by atoms with van der Waals surface area (Å²) < 4.78 is 80.9. The Hall–Kier alpha value is -4.16. The number of aromatic nitrogens is 2. The van der Waals surface area contributed by atoms with E-state index in [-0.39, 0.29) is 5.69 Å². The highest BCUT2D eigenvalue weighted by molar-refractivity contribution is 5.95. The third-order valence-corrected chi connectivity index (χ3v) is 7.14. The summed E-state index contributed by atoms with van der Waals surface area (Å²) in [6.45, 7) is 7.39. The first-order chi connectivity index (χ1) is 20.2. The Labute approximate surface area is 251 Å². The molecule has 4 aromatic rings. The summed E-state index contributed by atoms with van der Waals surface area (Å²) >= 11 is 0. The predicted octanol–water partition coefficient (Wildman–Crippen LogP) is 7.66. The Morgan fingerprint density at radius 2 is 1.30 bits per heavy atom. The van der Waals surface area contributed by atoms with E-state index in [0.29, 0.717) is 34.5 Å². The van der Waals surface area contributed by atoms with Crippen LogP contribution in [0.25, 0.3) is 28.1 Å². The predicted molar refractivity (Wildman–Crippen MR) is 158 cm³/mol.